The Morgan fingerprint density at radius 3 is 2.21 bits per heavy atom. The van der Waals surface area contributed by atoms with Crippen molar-refractivity contribution in [2.75, 3.05) is 27.2 Å². The second kappa shape index (κ2) is 7.33. The van der Waals surface area contributed by atoms with Crippen LogP contribution in [-0.2, 0) is 4.79 Å². The standard InChI is InChI=1S/C13H27N3O3/c1-7-16(10(2)8-11(17)18)12(19)14-9-13(3,4)15(5)6/h10H,7-9H2,1-6H3,(H,14,19)(H,17,18). The minimum atomic E-state index is -0.896. The lowest BCUT2D eigenvalue weighted by atomic mass is 10.0. The Bertz CT molecular complexity index is 316. The van der Waals surface area contributed by atoms with Gasteiger partial charge in [0, 0.05) is 24.7 Å². The summed E-state index contributed by atoms with van der Waals surface area (Å²) in [5.74, 6) is -0.896. The number of carbonyl (C=O) groups is 2. The zero-order valence-electron chi connectivity index (χ0n) is 12.9. The van der Waals surface area contributed by atoms with Gasteiger partial charge in [-0.15, -0.1) is 0 Å². The van der Waals surface area contributed by atoms with Gasteiger partial charge in [-0.05, 0) is 41.8 Å². The Hall–Kier alpha value is -1.30. The lowest BCUT2D eigenvalue weighted by Gasteiger charge is -2.34. The number of nitrogens with one attached hydrogen (secondary N) is 1. The predicted molar refractivity (Wildman–Crippen MR) is 75.3 cm³/mol. The Morgan fingerprint density at radius 2 is 1.84 bits per heavy atom. The average Bonchev–Trinajstić information content (AvgIpc) is 2.26. The Morgan fingerprint density at radius 1 is 1.32 bits per heavy atom. The number of rotatable bonds is 7. The van der Waals surface area contributed by atoms with Gasteiger partial charge in [-0.3, -0.25) is 4.79 Å². The molecule has 112 valence electrons. The van der Waals surface area contributed by atoms with Crippen LogP contribution in [0, 0.1) is 0 Å². The van der Waals surface area contributed by atoms with Gasteiger partial charge in [0.05, 0.1) is 6.42 Å². The number of aliphatic carboxylic acids is 1. The highest BCUT2D eigenvalue weighted by atomic mass is 16.4. The van der Waals surface area contributed by atoms with Crippen LogP contribution in [0.1, 0.15) is 34.1 Å². The summed E-state index contributed by atoms with van der Waals surface area (Å²) in [4.78, 5) is 26.3. The molecule has 0 aromatic carbocycles. The van der Waals surface area contributed by atoms with Crippen molar-refractivity contribution in [2.24, 2.45) is 0 Å². The number of amides is 2. The van der Waals surface area contributed by atoms with Gasteiger partial charge in [-0.1, -0.05) is 0 Å². The van der Waals surface area contributed by atoms with Crippen molar-refractivity contribution in [3.63, 3.8) is 0 Å². The maximum Gasteiger partial charge on any atom is 0.317 e. The molecule has 19 heavy (non-hydrogen) atoms. The molecule has 0 bridgehead atoms. The quantitative estimate of drug-likeness (QED) is 0.731. The normalized spacial score (nSPS) is 13.2. The smallest absolute Gasteiger partial charge is 0.317 e. The first-order chi connectivity index (χ1) is 8.61. The van der Waals surface area contributed by atoms with Crippen LogP contribution in [0.5, 0.6) is 0 Å². The zero-order valence-corrected chi connectivity index (χ0v) is 12.9. The number of carboxylic acids is 1. The minimum Gasteiger partial charge on any atom is -0.481 e. The van der Waals surface area contributed by atoms with Crippen LogP contribution in [0.3, 0.4) is 0 Å². The van der Waals surface area contributed by atoms with Crippen LogP contribution < -0.4 is 5.32 Å². The van der Waals surface area contributed by atoms with Crippen LogP contribution in [-0.4, -0.2) is 65.7 Å². The molecular formula is C13H27N3O3. The average molecular weight is 273 g/mol. The number of carboxylic acid groups (broad SMARTS) is 1. The molecule has 0 rings (SSSR count). The molecule has 0 spiro atoms. The fourth-order valence-corrected chi connectivity index (χ4v) is 1.57. The lowest BCUT2D eigenvalue weighted by Crippen LogP contribution is -2.52. The van der Waals surface area contributed by atoms with Gasteiger partial charge in [0.25, 0.3) is 0 Å². The van der Waals surface area contributed by atoms with Gasteiger partial charge in [0.15, 0.2) is 0 Å². The highest BCUT2D eigenvalue weighted by Gasteiger charge is 2.25. The van der Waals surface area contributed by atoms with Crippen LogP contribution in [0.4, 0.5) is 4.79 Å². The monoisotopic (exact) mass is 273 g/mol. The number of likely N-dealkylation sites (N-methyl/N-ethyl adjacent to an activating group) is 1. The first-order valence-electron chi connectivity index (χ1n) is 6.55. The van der Waals surface area contributed by atoms with Crippen molar-refractivity contribution >= 4 is 12.0 Å². The SMILES string of the molecule is CCN(C(=O)NCC(C)(C)N(C)C)C(C)CC(=O)O. The summed E-state index contributed by atoms with van der Waals surface area (Å²) in [6.45, 7) is 8.65. The second-order valence-electron chi connectivity index (χ2n) is 5.60. The number of carbonyl (C=O) groups excluding carboxylic acids is 1. The second-order valence-corrected chi connectivity index (χ2v) is 5.60. The number of nitrogens with zero attached hydrogens (tertiary/aromatic N) is 2. The summed E-state index contributed by atoms with van der Waals surface area (Å²) in [5.41, 5.74) is -0.148. The molecule has 0 fully saturated rings. The minimum absolute atomic E-state index is 0.0433. The molecule has 2 amide bonds. The summed E-state index contributed by atoms with van der Waals surface area (Å²) in [6, 6.07) is -0.531. The summed E-state index contributed by atoms with van der Waals surface area (Å²) in [7, 11) is 3.91. The molecule has 0 radical (unpaired) electrons. The first kappa shape index (κ1) is 17.7. The largest absolute Gasteiger partial charge is 0.481 e. The summed E-state index contributed by atoms with van der Waals surface area (Å²) in [6.07, 6.45) is -0.0433. The van der Waals surface area contributed by atoms with Gasteiger partial charge >= 0.3 is 12.0 Å². The molecule has 0 aromatic heterocycles. The highest BCUT2D eigenvalue weighted by molar-refractivity contribution is 5.76. The van der Waals surface area contributed by atoms with Crippen LogP contribution in [0.25, 0.3) is 0 Å². The van der Waals surface area contributed by atoms with Crippen LogP contribution in [0.2, 0.25) is 0 Å². The number of hydrogen-bond acceptors (Lipinski definition) is 3. The molecule has 0 aliphatic carbocycles. The third kappa shape index (κ3) is 5.92. The van der Waals surface area contributed by atoms with Gasteiger partial charge in [-0.2, -0.15) is 0 Å². The van der Waals surface area contributed by atoms with E-state index < -0.39 is 5.97 Å². The van der Waals surface area contributed by atoms with E-state index in [1.54, 1.807) is 11.8 Å². The third-order valence-electron chi connectivity index (χ3n) is 3.49. The van der Waals surface area contributed by atoms with E-state index in [9.17, 15) is 9.59 Å². The van der Waals surface area contributed by atoms with Crippen molar-refractivity contribution in [3.05, 3.63) is 0 Å². The number of hydrogen-bond donors (Lipinski definition) is 2. The predicted octanol–water partition coefficient (Wildman–Crippen LogP) is 1.22. The van der Waals surface area contributed by atoms with Gasteiger partial charge < -0.3 is 20.2 Å². The van der Waals surface area contributed by atoms with Gasteiger partial charge in [0.1, 0.15) is 0 Å². The topological polar surface area (TPSA) is 72.9 Å². The van der Waals surface area contributed by atoms with E-state index >= 15 is 0 Å². The van der Waals surface area contributed by atoms with Crippen molar-refractivity contribution < 1.29 is 14.7 Å². The zero-order chi connectivity index (χ0) is 15.2. The molecule has 0 heterocycles. The summed E-state index contributed by atoms with van der Waals surface area (Å²) < 4.78 is 0. The highest BCUT2D eigenvalue weighted by Crippen LogP contribution is 2.09. The van der Waals surface area contributed by atoms with E-state index in [1.807, 2.05) is 39.8 Å². The number of urea groups is 1. The molecular weight excluding hydrogens is 246 g/mol. The lowest BCUT2D eigenvalue weighted by molar-refractivity contribution is -0.138. The van der Waals surface area contributed by atoms with E-state index in [0.717, 1.165) is 0 Å². The molecule has 6 heteroatoms. The first-order valence-corrected chi connectivity index (χ1v) is 6.55. The Balaban J connectivity index is 4.49. The van der Waals surface area contributed by atoms with Crippen molar-refractivity contribution in [3.8, 4) is 0 Å². The molecule has 2 N–H and O–H groups in total. The van der Waals surface area contributed by atoms with Crippen molar-refractivity contribution in [2.45, 2.75) is 45.7 Å². The molecule has 6 nitrogen and oxygen atoms in total. The Labute approximate surface area is 115 Å². The van der Waals surface area contributed by atoms with E-state index in [1.165, 1.54) is 0 Å². The molecule has 0 aliphatic rings. The Kier molecular flexibility index (Phi) is 6.83. The maximum atomic E-state index is 12.1. The molecule has 0 aromatic rings. The molecule has 0 saturated carbocycles. The summed E-state index contributed by atoms with van der Waals surface area (Å²) >= 11 is 0. The molecule has 0 aliphatic heterocycles. The molecule has 1 unspecified atom stereocenters. The van der Waals surface area contributed by atoms with E-state index in [-0.39, 0.29) is 24.0 Å². The van der Waals surface area contributed by atoms with E-state index in [2.05, 4.69) is 5.32 Å². The van der Waals surface area contributed by atoms with Gasteiger partial charge in [-0.25, -0.2) is 4.79 Å². The van der Waals surface area contributed by atoms with E-state index in [4.69, 9.17) is 5.11 Å². The molecule has 0 saturated heterocycles. The van der Waals surface area contributed by atoms with Crippen LogP contribution >= 0.6 is 0 Å². The van der Waals surface area contributed by atoms with Gasteiger partial charge in [0.2, 0.25) is 0 Å². The fourth-order valence-electron chi connectivity index (χ4n) is 1.57. The van der Waals surface area contributed by atoms with Crippen molar-refractivity contribution in [1.29, 1.82) is 0 Å². The van der Waals surface area contributed by atoms with E-state index in [0.29, 0.717) is 13.1 Å². The maximum absolute atomic E-state index is 12.1. The molecule has 1 atom stereocenters. The third-order valence-corrected chi connectivity index (χ3v) is 3.49. The summed E-state index contributed by atoms with van der Waals surface area (Å²) in [5, 5.41) is 11.6. The van der Waals surface area contributed by atoms with Crippen LogP contribution in [0.15, 0.2) is 0 Å². The fraction of sp³-hybridized carbons (Fsp3) is 0.846. The van der Waals surface area contributed by atoms with Crippen molar-refractivity contribution in [1.82, 2.24) is 15.1 Å².